The molecular formula is C10H12NO5P. The molecular weight excluding hydrogens is 245 g/mol. The van der Waals surface area contributed by atoms with Gasteiger partial charge in [0, 0.05) is 0 Å². The zero-order valence-corrected chi connectivity index (χ0v) is 10.3. The molecule has 0 amide bonds. The van der Waals surface area contributed by atoms with Crippen molar-refractivity contribution in [2.24, 2.45) is 4.74 Å². The van der Waals surface area contributed by atoms with E-state index in [4.69, 9.17) is 14.4 Å². The van der Waals surface area contributed by atoms with Crippen molar-refractivity contribution >= 4 is 14.1 Å². The molecule has 1 rings (SSSR count). The van der Waals surface area contributed by atoms with Crippen molar-refractivity contribution in [3.8, 4) is 11.5 Å². The normalized spacial score (nSPS) is 13.0. The number of carboxylic acid groups (broad SMARTS) is 1. The number of hydrogen-bond acceptors (Lipinski definition) is 5. The third kappa shape index (κ3) is 4.01. The number of hydrogen-bond donors (Lipinski definition) is 1. The van der Waals surface area contributed by atoms with Crippen LogP contribution in [-0.2, 0) is 4.79 Å². The molecule has 1 aromatic carbocycles. The standard InChI is InChI=1S/C10H12NO5P/c1-7(10(12)13)11-17(14)16-9-6-4-3-5-8(9)15-2/h3-7H,1-2H3,(H,12,13)/t7-/m0/s1. The van der Waals surface area contributed by atoms with Crippen molar-refractivity contribution in [1.29, 1.82) is 0 Å². The number of carbonyl (C=O) groups is 1. The average molecular weight is 257 g/mol. The number of carboxylic acids is 1. The lowest BCUT2D eigenvalue weighted by Gasteiger charge is -2.04. The fraction of sp³-hybridized carbons (Fsp3) is 0.300. The van der Waals surface area contributed by atoms with E-state index in [1.165, 1.54) is 14.0 Å². The minimum Gasteiger partial charge on any atom is -0.575 e. The van der Waals surface area contributed by atoms with E-state index >= 15 is 0 Å². The van der Waals surface area contributed by atoms with Crippen LogP contribution in [0, 0.1) is 0 Å². The van der Waals surface area contributed by atoms with Gasteiger partial charge in [-0.25, -0.2) is 4.79 Å². The minimum absolute atomic E-state index is 0.262. The molecule has 0 spiro atoms. The Hall–Kier alpha value is -1.65. The van der Waals surface area contributed by atoms with Crippen molar-refractivity contribution in [3.63, 3.8) is 0 Å². The molecule has 0 heterocycles. The van der Waals surface area contributed by atoms with Crippen LogP contribution in [0.15, 0.2) is 29.0 Å². The average Bonchev–Trinajstić information content (AvgIpc) is 2.29. The minimum atomic E-state index is -2.44. The third-order valence-corrected chi connectivity index (χ3v) is 2.76. The van der Waals surface area contributed by atoms with Gasteiger partial charge in [-0.15, -0.1) is 0 Å². The second kappa shape index (κ2) is 6.18. The second-order valence-corrected chi connectivity index (χ2v) is 4.00. The summed E-state index contributed by atoms with van der Waals surface area (Å²) in [6.45, 7) is 1.32. The van der Waals surface area contributed by atoms with Gasteiger partial charge in [0.25, 0.3) is 0 Å². The molecule has 0 radical (unpaired) electrons. The van der Waals surface area contributed by atoms with Gasteiger partial charge in [-0.2, -0.15) is 0 Å². The van der Waals surface area contributed by atoms with Crippen LogP contribution in [-0.4, -0.2) is 24.2 Å². The zero-order chi connectivity index (χ0) is 12.8. The zero-order valence-electron chi connectivity index (χ0n) is 9.36. The van der Waals surface area contributed by atoms with Crippen molar-refractivity contribution in [2.75, 3.05) is 7.11 Å². The first-order chi connectivity index (χ1) is 8.04. The molecule has 1 N–H and O–H groups in total. The number of benzene rings is 1. The molecule has 0 aliphatic carbocycles. The van der Waals surface area contributed by atoms with E-state index in [1.54, 1.807) is 24.3 Å². The number of aliphatic carboxylic acids is 1. The first kappa shape index (κ1) is 13.4. The molecule has 2 atom stereocenters. The molecule has 1 aromatic rings. The van der Waals surface area contributed by atoms with Gasteiger partial charge in [0.05, 0.1) is 7.11 Å². The lowest BCUT2D eigenvalue weighted by molar-refractivity contribution is -0.169. The topological polar surface area (TPSA) is 91.2 Å². The maximum absolute atomic E-state index is 11.4. The van der Waals surface area contributed by atoms with E-state index in [2.05, 4.69) is 4.74 Å². The quantitative estimate of drug-likeness (QED) is 0.805. The maximum atomic E-state index is 11.4. The molecule has 0 saturated heterocycles. The molecule has 92 valence electrons. The molecule has 6 nitrogen and oxygen atoms in total. The molecule has 0 aromatic heterocycles. The Balaban J connectivity index is 2.80. The molecule has 17 heavy (non-hydrogen) atoms. The van der Waals surface area contributed by atoms with Gasteiger partial charge in [0.1, 0.15) is 0 Å². The van der Waals surface area contributed by atoms with E-state index in [0.29, 0.717) is 5.75 Å². The lowest BCUT2D eigenvalue weighted by Crippen LogP contribution is -2.13. The predicted octanol–water partition coefficient (Wildman–Crippen LogP) is 1.40. The Bertz CT molecular complexity index is 434. The third-order valence-electron chi connectivity index (χ3n) is 1.87. The van der Waals surface area contributed by atoms with Crippen LogP contribution in [0.25, 0.3) is 0 Å². The Morgan fingerprint density at radius 1 is 1.47 bits per heavy atom. The molecule has 0 aliphatic heterocycles. The Morgan fingerprint density at radius 2 is 2.06 bits per heavy atom. The molecule has 0 bridgehead atoms. The fourth-order valence-corrected chi connectivity index (χ4v) is 1.74. The van der Waals surface area contributed by atoms with Gasteiger partial charge in [-0.05, 0) is 19.1 Å². The Kier molecular flexibility index (Phi) is 4.87. The molecule has 0 fully saturated rings. The van der Waals surface area contributed by atoms with Crippen molar-refractivity contribution in [1.82, 2.24) is 0 Å². The van der Waals surface area contributed by atoms with E-state index in [-0.39, 0.29) is 5.75 Å². The van der Waals surface area contributed by atoms with Crippen LogP contribution in [0.2, 0.25) is 0 Å². The predicted molar refractivity (Wildman–Crippen MR) is 60.1 cm³/mol. The molecule has 0 aliphatic rings. The summed E-state index contributed by atoms with van der Waals surface area (Å²) in [5.41, 5.74) is 0. The number of nitrogens with zero attached hydrogens (tertiary/aromatic N) is 1. The van der Waals surface area contributed by atoms with Gasteiger partial charge < -0.3 is 14.7 Å². The summed E-state index contributed by atoms with van der Waals surface area (Å²) >= 11 is 0. The summed E-state index contributed by atoms with van der Waals surface area (Å²) in [4.78, 5) is 21.9. The Morgan fingerprint density at radius 3 is 2.59 bits per heavy atom. The van der Waals surface area contributed by atoms with Crippen molar-refractivity contribution < 1.29 is 24.1 Å². The van der Waals surface area contributed by atoms with Gasteiger partial charge in [-0.1, -0.05) is 16.9 Å². The van der Waals surface area contributed by atoms with Gasteiger partial charge in [0.15, 0.2) is 11.8 Å². The van der Waals surface area contributed by atoms with E-state index in [9.17, 15) is 9.69 Å². The summed E-state index contributed by atoms with van der Waals surface area (Å²) in [5.74, 6) is -0.483. The molecule has 0 saturated carbocycles. The summed E-state index contributed by atoms with van der Waals surface area (Å²) in [6.07, 6.45) is 0. The summed E-state index contributed by atoms with van der Waals surface area (Å²) in [5, 5.41) is 8.60. The van der Waals surface area contributed by atoms with Crippen LogP contribution >= 0.6 is 8.17 Å². The van der Waals surface area contributed by atoms with Crippen LogP contribution in [0.3, 0.4) is 0 Å². The van der Waals surface area contributed by atoms with Crippen molar-refractivity contribution in [3.05, 3.63) is 24.3 Å². The summed E-state index contributed by atoms with van der Waals surface area (Å²) < 4.78 is 13.5. The van der Waals surface area contributed by atoms with Gasteiger partial charge in [-0.3, -0.25) is 4.52 Å². The lowest BCUT2D eigenvalue weighted by atomic mass is 10.3. The van der Waals surface area contributed by atoms with E-state index in [1.807, 2.05) is 0 Å². The number of para-hydroxylation sites is 2. The van der Waals surface area contributed by atoms with Gasteiger partial charge >= 0.3 is 14.1 Å². The molecule has 7 heteroatoms. The summed E-state index contributed by atoms with van der Waals surface area (Å²) in [6, 6.07) is 5.54. The highest BCUT2D eigenvalue weighted by Gasteiger charge is 2.16. The largest absolute Gasteiger partial charge is 0.575 e. The van der Waals surface area contributed by atoms with Crippen LogP contribution < -0.4 is 14.2 Å². The highest BCUT2D eigenvalue weighted by atomic mass is 31.1. The SMILES string of the molecule is COc1ccccc1O[P+]([O-])=N[C@@H](C)C(=O)O. The molecule has 1 unspecified atom stereocenters. The Labute approximate surface area is 99.4 Å². The number of methoxy groups -OCH3 is 1. The van der Waals surface area contributed by atoms with Crippen molar-refractivity contribution in [2.45, 2.75) is 13.0 Å². The second-order valence-electron chi connectivity index (χ2n) is 3.11. The van der Waals surface area contributed by atoms with Crippen LogP contribution in [0.5, 0.6) is 11.5 Å². The van der Waals surface area contributed by atoms with E-state index in [0.717, 1.165) is 0 Å². The van der Waals surface area contributed by atoms with Crippen LogP contribution in [0.4, 0.5) is 0 Å². The highest BCUT2D eigenvalue weighted by Crippen LogP contribution is 2.32. The maximum Gasteiger partial charge on any atom is 0.395 e. The summed E-state index contributed by atoms with van der Waals surface area (Å²) in [7, 11) is -0.986. The monoisotopic (exact) mass is 257 g/mol. The van der Waals surface area contributed by atoms with E-state index < -0.39 is 20.2 Å². The smallest absolute Gasteiger partial charge is 0.395 e. The van der Waals surface area contributed by atoms with Gasteiger partial charge in [0.2, 0.25) is 5.75 Å². The van der Waals surface area contributed by atoms with Crippen LogP contribution in [0.1, 0.15) is 6.92 Å². The fourth-order valence-electron chi connectivity index (χ4n) is 0.993. The highest BCUT2D eigenvalue weighted by molar-refractivity contribution is 7.34. The first-order valence-electron chi connectivity index (χ1n) is 4.76. The number of ether oxygens (including phenoxy) is 1. The number of rotatable bonds is 5. The first-order valence-corrected chi connectivity index (χ1v) is 5.89.